The summed E-state index contributed by atoms with van der Waals surface area (Å²) in [4.78, 5) is 31.6. The predicted octanol–water partition coefficient (Wildman–Crippen LogP) is 1.48. The molecule has 1 atom stereocenters. The zero-order valence-corrected chi connectivity index (χ0v) is 16.9. The van der Waals surface area contributed by atoms with Crippen LogP contribution in [0.3, 0.4) is 0 Å². The number of likely N-dealkylation sites (tertiary alicyclic amines) is 1. The number of carbonyl (C=O) groups excluding carboxylic acids is 2. The summed E-state index contributed by atoms with van der Waals surface area (Å²) in [6.45, 7) is 7.51. The average molecular weight is 389 g/mol. The number of amides is 2. The lowest BCUT2D eigenvalue weighted by Crippen LogP contribution is -2.44. The van der Waals surface area contributed by atoms with Crippen LogP contribution in [0.4, 0.5) is 0 Å². The molecule has 0 saturated carbocycles. The Morgan fingerprint density at radius 2 is 1.89 bits per heavy atom. The normalized spacial score (nSPS) is 21.1. The van der Waals surface area contributed by atoms with Gasteiger partial charge in [0.25, 0.3) is 5.91 Å². The van der Waals surface area contributed by atoms with Crippen molar-refractivity contribution in [2.75, 3.05) is 59.6 Å². The first-order valence-electron chi connectivity index (χ1n) is 10.2. The third-order valence-electron chi connectivity index (χ3n) is 5.51. The average Bonchev–Trinajstić information content (AvgIpc) is 2.92. The van der Waals surface area contributed by atoms with Gasteiger partial charge in [0.1, 0.15) is 5.75 Å². The van der Waals surface area contributed by atoms with Crippen molar-refractivity contribution >= 4 is 11.8 Å². The Kier molecular flexibility index (Phi) is 7.28. The summed E-state index contributed by atoms with van der Waals surface area (Å²) < 4.78 is 10.5. The quantitative estimate of drug-likeness (QED) is 0.707. The van der Waals surface area contributed by atoms with Crippen LogP contribution in [0.2, 0.25) is 0 Å². The summed E-state index contributed by atoms with van der Waals surface area (Å²) in [6, 6.07) is 7.27. The van der Waals surface area contributed by atoms with Crippen molar-refractivity contribution < 1.29 is 19.1 Å². The zero-order valence-electron chi connectivity index (χ0n) is 16.9. The second-order valence-electron chi connectivity index (χ2n) is 7.26. The Labute approximate surface area is 167 Å². The van der Waals surface area contributed by atoms with Gasteiger partial charge >= 0.3 is 0 Å². The number of rotatable bonds is 7. The van der Waals surface area contributed by atoms with Crippen LogP contribution < -0.4 is 4.74 Å². The van der Waals surface area contributed by atoms with Crippen molar-refractivity contribution in [2.24, 2.45) is 0 Å². The first-order chi connectivity index (χ1) is 13.6. The van der Waals surface area contributed by atoms with Gasteiger partial charge in [-0.25, -0.2) is 0 Å². The van der Waals surface area contributed by atoms with Gasteiger partial charge in [-0.1, -0.05) is 0 Å². The van der Waals surface area contributed by atoms with Crippen LogP contribution in [0.5, 0.6) is 5.75 Å². The van der Waals surface area contributed by atoms with Crippen LogP contribution >= 0.6 is 0 Å². The Hall–Kier alpha value is -2.12. The van der Waals surface area contributed by atoms with Crippen molar-refractivity contribution in [1.82, 2.24) is 14.7 Å². The van der Waals surface area contributed by atoms with Crippen LogP contribution in [-0.2, 0) is 9.53 Å². The van der Waals surface area contributed by atoms with Crippen molar-refractivity contribution in [2.45, 2.75) is 25.8 Å². The van der Waals surface area contributed by atoms with Gasteiger partial charge in [-0.05, 0) is 44.0 Å². The second kappa shape index (κ2) is 9.89. The number of nitrogens with zero attached hydrogens (tertiary/aromatic N) is 3. The predicted molar refractivity (Wildman–Crippen MR) is 107 cm³/mol. The van der Waals surface area contributed by atoms with Crippen LogP contribution in [-0.4, -0.2) is 92.1 Å². The van der Waals surface area contributed by atoms with Crippen molar-refractivity contribution in [3.8, 4) is 5.75 Å². The Balaban J connectivity index is 1.56. The van der Waals surface area contributed by atoms with E-state index in [1.807, 2.05) is 41.0 Å². The lowest BCUT2D eigenvalue weighted by Gasteiger charge is -2.26. The number of benzene rings is 1. The molecule has 1 aromatic carbocycles. The SMILES string of the molecule is CCOc1ccc(C(=O)N2CCCN(C3CCN(CCOC)C3=O)CC2)cc1. The molecule has 1 unspecified atom stereocenters. The number of carbonyl (C=O) groups is 2. The molecule has 2 saturated heterocycles. The molecule has 2 aliphatic rings. The molecule has 0 radical (unpaired) electrons. The van der Waals surface area contributed by atoms with Gasteiger partial charge in [0.2, 0.25) is 5.91 Å². The lowest BCUT2D eigenvalue weighted by atomic mass is 10.2. The number of methoxy groups -OCH3 is 1. The summed E-state index contributed by atoms with van der Waals surface area (Å²) in [5.74, 6) is 1.02. The van der Waals surface area contributed by atoms with Crippen molar-refractivity contribution in [3.05, 3.63) is 29.8 Å². The first kappa shape index (κ1) is 20.6. The van der Waals surface area contributed by atoms with Crippen LogP contribution in [0, 0.1) is 0 Å². The fourth-order valence-corrected chi connectivity index (χ4v) is 3.98. The Bertz CT molecular complexity index is 664. The van der Waals surface area contributed by atoms with E-state index in [0.717, 1.165) is 44.8 Å². The Morgan fingerprint density at radius 1 is 1.11 bits per heavy atom. The molecule has 7 nitrogen and oxygen atoms in total. The fourth-order valence-electron chi connectivity index (χ4n) is 3.98. The van der Waals surface area contributed by atoms with Gasteiger partial charge in [0.05, 0.1) is 19.3 Å². The maximum absolute atomic E-state index is 12.9. The first-order valence-corrected chi connectivity index (χ1v) is 10.2. The third-order valence-corrected chi connectivity index (χ3v) is 5.51. The molecule has 2 fully saturated rings. The topological polar surface area (TPSA) is 62.3 Å². The summed E-state index contributed by atoms with van der Waals surface area (Å²) in [5, 5.41) is 0. The van der Waals surface area contributed by atoms with E-state index >= 15 is 0 Å². The highest BCUT2D eigenvalue weighted by Crippen LogP contribution is 2.20. The lowest BCUT2D eigenvalue weighted by molar-refractivity contribution is -0.132. The third kappa shape index (κ3) is 4.83. The van der Waals surface area contributed by atoms with E-state index in [2.05, 4.69) is 4.90 Å². The fraction of sp³-hybridized carbons (Fsp3) is 0.619. The van der Waals surface area contributed by atoms with Gasteiger partial charge in [-0.15, -0.1) is 0 Å². The molecule has 0 aliphatic carbocycles. The minimum atomic E-state index is -0.0580. The van der Waals surface area contributed by atoms with Crippen molar-refractivity contribution in [3.63, 3.8) is 0 Å². The maximum Gasteiger partial charge on any atom is 0.253 e. The highest BCUT2D eigenvalue weighted by Gasteiger charge is 2.36. The standard InChI is InChI=1S/C21H31N3O4/c1-3-28-18-7-5-17(6-8-18)20(25)23-11-4-10-22(13-14-23)19-9-12-24(21(19)26)15-16-27-2/h5-8,19H,3-4,9-16H2,1-2H3. The van der Waals surface area contributed by atoms with Gasteiger partial charge in [0.15, 0.2) is 0 Å². The molecule has 28 heavy (non-hydrogen) atoms. The number of hydrogen-bond donors (Lipinski definition) is 0. The van der Waals surface area contributed by atoms with Crippen LogP contribution in [0.1, 0.15) is 30.1 Å². The summed E-state index contributed by atoms with van der Waals surface area (Å²) in [6.07, 6.45) is 1.74. The van der Waals surface area contributed by atoms with E-state index in [9.17, 15) is 9.59 Å². The molecule has 0 spiro atoms. The molecule has 7 heteroatoms. The summed E-state index contributed by atoms with van der Waals surface area (Å²) in [5.41, 5.74) is 0.680. The Morgan fingerprint density at radius 3 is 2.61 bits per heavy atom. The molecule has 2 amide bonds. The minimum Gasteiger partial charge on any atom is -0.494 e. The number of ether oxygens (including phenoxy) is 2. The van der Waals surface area contributed by atoms with Gasteiger partial charge in [-0.2, -0.15) is 0 Å². The van der Waals surface area contributed by atoms with Gasteiger partial charge in [0, 0.05) is 51.9 Å². The molecule has 3 rings (SSSR count). The van der Waals surface area contributed by atoms with Crippen molar-refractivity contribution in [1.29, 1.82) is 0 Å². The van der Waals surface area contributed by atoms with Gasteiger partial charge in [-0.3, -0.25) is 14.5 Å². The zero-order chi connectivity index (χ0) is 19.9. The molecule has 0 N–H and O–H groups in total. The summed E-state index contributed by atoms with van der Waals surface area (Å²) in [7, 11) is 1.66. The summed E-state index contributed by atoms with van der Waals surface area (Å²) >= 11 is 0. The molecular formula is C21H31N3O4. The minimum absolute atomic E-state index is 0.0457. The maximum atomic E-state index is 12.9. The van der Waals surface area contributed by atoms with E-state index in [4.69, 9.17) is 9.47 Å². The van der Waals surface area contributed by atoms with E-state index in [-0.39, 0.29) is 17.9 Å². The van der Waals surface area contributed by atoms with E-state index in [0.29, 0.717) is 31.9 Å². The molecular weight excluding hydrogens is 358 g/mol. The van der Waals surface area contributed by atoms with E-state index < -0.39 is 0 Å². The molecule has 1 aromatic rings. The molecule has 0 bridgehead atoms. The molecule has 2 heterocycles. The monoisotopic (exact) mass is 389 g/mol. The van der Waals surface area contributed by atoms with Gasteiger partial charge < -0.3 is 19.3 Å². The molecule has 0 aromatic heterocycles. The number of hydrogen-bond acceptors (Lipinski definition) is 5. The highest BCUT2D eigenvalue weighted by atomic mass is 16.5. The van der Waals surface area contributed by atoms with E-state index in [1.54, 1.807) is 7.11 Å². The van der Waals surface area contributed by atoms with Crippen LogP contribution in [0.15, 0.2) is 24.3 Å². The highest BCUT2D eigenvalue weighted by molar-refractivity contribution is 5.94. The molecule has 2 aliphatic heterocycles. The van der Waals surface area contributed by atoms with Crippen LogP contribution in [0.25, 0.3) is 0 Å². The van der Waals surface area contributed by atoms with E-state index in [1.165, 1.54) is 0 Å². The second-order valence-corrected chi connectivity index (χ2v) is 7.26. The largest absolute Gasteiger partial charge is 0.494 e. The smallest absolute Gasteiger partial charge is 0.253 e. The molecule has 154 valence electrons.